The predicted octanol–water partition coefficient (Wildman–Crippen LogP) is 2.86. The first-order valence-corrected chi connectivity index (χ1v) is 5.73. The van der Waals surface area contributed by atoms with Gasteiger partial charge in [-0.25, -0.2) is 0 Å². The summed E-state index contributed by atoms with van der Waals surface area (Å²) in [6, 6.07) is 8.50. The van der Waals surface area contributed by atoms with Gasteiger partial charge in [-0.1, -0.05) is 0 Å². The Balaban J connectivity index is 2.20. The minimum atomic E-state index is -0.316. The summed E-state index contributed by atoms with van der Waals surface area (Å²) in [6.07, 6.45) is 0. The molecule has 1 aromatic carbocycles. The highest BCUT2D eigenvalue weighted by molar-refractivity contribution is 6.02. The van der Waals surface area contributed by atoms with E-state index in [4.69, 9.17) is 13.9 Å². The average Bonchev–Trinajstić information content (AvgIpc) is 2.85. The molecule has 0 unspecified atom stereocenters. The predicted molar refractivity (Wildman–Crippen MR) is 70.9 cm³/mol. The van der Waals surface area contributed by atoms with E-state index in [-0.39, 0.29) is 11.7 Å². The molecule has 0 fully saturated rings. The van der Waals surface area contributed by atoms with Crippen molar-refractivity contribution in [3.05, 3.63) is 41.9 Å². The van der Waals surface area contributed by atoms with E-state index in [9.17, 15) is 4.79 Å². The summed E-state index contributed by atoms with van der Waals surface area (Å²) in [6.45, 7) is 1.78. The van der Waals surface area contributed by atoms with Crippen LogP contribution in [0.3, 0.4) is 0 Å². The van der Waals surface area contributed by atoms with Gasteiger partial charge in [-0.3, -0.25) is 4.79 Å². The van der Waals surface area contributed by atoms with Crippen molar-refractivity contribution >= 4 is 11.6 Å². The Labute approximate surface area is 111 Å². The van der Waals surface area contributed by atoms with Crippen LogP contribution >= 0.6 is 0 Å². The van der Waals surface area contributed by atoms with Crippen LogP contribution in [0.2, 0.25) is 0 Å². The molecule has 0 aliphatic carbocycles. The number of hydrogen-bond acceptors (Lipinski definition) is 4. The van der Waals surface area contributed by atoms with Crippen molar-refractivity contribution in [1.82, 2.24) is 0 Å². The molecule has 0 radical (unpaired) electrons. The number of rotatable bonds is 4. The maximum Gasteiger partial charge on any atom is 0.291 e. The third-order valence-corrected chi connectivity index (χ3v) is 2.57. The number of carbonyl (C=O) groups is 1. The molecule has 0 aliphatic rings. The molecule has 0 saturated heterocycles. The number of hydrogen-bond donors (Lipinski definition) is 1. The van der Waals surface area contributed by atoms with Gasteiger partial charge in [-0.2, -0.15) is 0 Å². The van der Waals surface area contributed by atoms with Gasteiger partial charge in [-0.15, -0.1) is 0 Å². The van der Waals surface area contributed by atoms with E-state index in [0.29, 0.717) is 22.9 Å². The van der Waals surface area contributed by atoms with Crippen molar-refractivity contribution in [1.29, 1.82) is 0 Å². The lowest BCUT2D eigenvalue weighted by Crippen LogP contribution is -2.11. The largest absolute Gasteiger partial charge is 0.497 e. The molecule has 1 heterocycles. The van der Waals surface area contributed by atoms with E-state index in [1.807, 2.05) is 0 Å². The zero-order chi connectivity index (χ0) is 13.8. The van der Waals surface area contributed by atoms with Gasteiger partial charge in [0, 0.05) is 23.9 Å². The van der Waals surface area contributed by atoms with Crippen LogP contribution in [0.1, 0.15) is 16.3 Å². The second kappa shape index (κ2) is 5.48. The molecule has 0 saturated carbocycles. The summed E-state index contributed by atoms with van der Waals surface area (Å²) in [5.74, 6) is 1.84. The van der Waals surface area contributed by atoms with Crippen LogP contribution in [-0.4, -0.2) is 20.1 Å². The van der Waals surface area contributed by atoms with Gasteiger partial charge in [-0.05, 0) is 19.1 Å². The molecule has 5 nitrogen and oxygen atoms in total. The Morgan fingerprint density at radius 2 is 1.74 bits per heavy atom. The lowest BCUT2D eigenvalue weighted by Gasteiger charge is -2.09. The summed E-state index contributed by atoms with van der Waals surface area (Å²) in [5.41, 5.74) is 0.579. The molecule has 0 atom stereocenters. The molecule has 1 N–H and O–H groups in total. The Hall–Kier alpha value is -2.43. The van der Waals surface area contributed by atoms with Crippen LogP contribution in [0.4, 0.5) is 5.69 Å². The second-order valence-electron chi connectivity index (χ2n) is 3.97. The first-order chi connectivity index (χ1) is 9.12. The summed E-state index contributed by atoms with van der Waals surface area (Å²) >= 11 is 0. The lowest BCUT2D eigenvalue weighted by molar-refractivity contribution is 0.0995. The topological polar surface area (TPSA) is 60.7 Å². The van der Waals surface area contributed by atoms with E-state index >= 15 is 0 Å². The van der Waals surface area contributed by atoms with E-state index < -0.39 is 0 Å². The standard InChI is InChI=1S/C14H15NO4/c1-9-4-5-13(19-9)14(16)15-10-6-11(17-2)8-12(7-10)18-3/h4-8H,1-3H3,(H,15,16). The van der Waals surface area contributed by atoms with Gasteiger partial charge >= 0.3 is 0 Å². The highest BCUT2D eigenvalue weighted by Gasteiger charge is 2.11. The van der Waals surface area contributed by atoms with Crippen molar-refractivity contribution < 1.29 is 18.7 Å². The Morgan fingerprint density at radius 1 is 1.11 bits per heavy atom. The Bertz CT molecular complexity index is 567. The molecule has 1 amide bonds. The van der Waals surface area contributed by atoms with Gasteiger partial charge < -0.3 is 19.2 Å². The van der Waals surface area contributed by atoms with Crippen LogP contribution in [-0.2, 0) is 0 Å². The van der Waals surface area contributed by atoms with Crippen molar-refractivity contribution in [2.45, 2.75) is 6.92 Å². The molecule has 1 aromatic heterocycles. The highest BCUT2D eigenvalue weighted by atomic mass is 16.5. The number of furan rings is 1. The van der Waals surface area contributed by atoms with Crippen LogP contribution in [0, 0.1) is 6.92 Å². The van der Waals surface area contributed by atoms with Crippen molar-refractivity contribution in [3.8, 4) is 11.5 Å². The maximum absolute atomic E-state index is 11.9. The average molecular weight is 261 g/mol. The van der Waals surface area contributed by atoms with E-state index in [1.54, 1.807) is 51.5 Å². The first-order valence-electron chi connectivity index (χ1n) is 5.73. The van der Waals surface area contributed by atoms with Crippen molar-refractivity contribution in [2.75, 3.05) is 19.5 Å². The molecule has 0 spiro atoms. The number of methoxy groups -OCH3 is 2. The Morgan fingerprint density at radius 3 is 2.21 bits per heavy atom. The second-order valence-corrected chi connectivity index (χ2v) is 3.97. The van der Waals surface area contributed by atoms with Gasteiger partial charge in [0.05, 0.1) is 14.2 Å². The summed E-state index contributed by atoms with van der Waals surface area (Å²) in [7, 11) is 3.10. The SMILES string of the molecule is COc1cc(NC(=O)c2ccc(C)o2)cc(OC)c1. The van der Waals surface area contributed by atoms with Crippen LogP contribution in [0.5, 0.6) is 11.5 Å². The molecular formula is C14H15NO4. The highest BCUT2D eigenvalue weighted by Crippen LogP contribution is 2.26. The minimum absolute atomic E-state index is 0.263. The first kappa shape index (κ1) is 13.0. The molecule has 19 heavy (non-hydrogen) atoms. The fourth-order valence-corrected chi connectivity index (χ4v) is 1.63. The number of amides is 1. The van der Waals surface area contributed by atoms with Gasteiger partial charge in [0.2, 0.25) is 0 Å². The third-order valence-electron chi connectivity index (χ3n) is 2.57. The normalized spacial score (nSPS) is 10.1. The molecule has 2 rings (SSSR count). The quantitative estimate of drug-likeness (QED) is 0.919. The zero-order valence-corrected chi connectivity index (χ0v) is 11.0. The molecule has 100 valence electrons. The zero-order valence-electron chi connectivity index (χ0n) is 11.0. The maximum atomic E-state index is 11.9. The van der Waals surface area contributed by atoms with Gasteiger partial charge in [0.1, 0.15) is 17.3 Å². The van der Waals surface area contributed by atoms with Gasteiger partial charge in [0.15, 0.2) is 5.76 Å². The number of aryl methyl sites for hydroxylation is 1. The van der Waals surface area contributed by atoms with Crippen LogP contribution < -0.4 is 14.8 Å². The Kier molecular flexibility index (Phi) is 3.75. The van der Waals surface area contributed by atoms with Gasteiger partial charge in [0.25, 0.3) is 5.91 Å². The van der Waals surface area contributed by atoms with Crippen LogP contribution in [0.15, 0.2) is 34.7 Å². The van der Waals surface area contributed by atoms with E-state index in [0.717, 1.165) is 0 Å². The number of ether oxygens (including phenoxy) is 2. The fourth-order valence-electron chi connectivity index (χ4n) is 1.63. The van der Waals surface area contributed by atoms with Crippen molar-refractivity contribution in [3.63, 3.8) is 0 Å². The third kappa shape index (κ3) is 3.07. The number of anilines is 1. The lowest BCUT2D eigenvalue weighted by atomic mass is 10.2. The van der Waals surface area contributed by atoms with E-state index in [1.165, 1.54) is 0 Å². The smallest absolute Gasteiger partial charge is 0.291 e. The fraction of sp³-hybridized carbons (Fsp3) is 0.214. The van der Waals surface area contributed by atoms with E-state index in [2.05, 4.69) is 5.32 Å². The number of carbonyl (C=O) groups excluding carboxylic acids is 1. The number of benzene rings is 1. The molecule has 0 bridgehead atoms. The minimum Gasteiger partial charge on any atom is -0.497 e. The van der Waals surface area contributed by atoms with Crippen LogP contribution in [0.25, 0.3) is 0 Å². The monoisotopic (exact) mass is 261 g/mol. The summed E-state index contributed by atoms with van der Waals surface area (Å²) in [4.78, 5) is 11.9. The molecular weight excluding hydrogens is 246 g/mol. The number of nitrogens with one attached hydrogen (secondary N) is 1. The summed E-state index contributed by atoms with van der Waals surface area (Å²) in [5, 5.41) is 2.73. The molecule has 2 aromatic rings. The van der Waals surface area contributed by atoms with Crippen molar-refractivity contribution in [2.24, 2.45) is 0 Å². The molecule has 0 aliphatic heterocycles. The summed E-state index contributed by atoms with van der Waals surface area (Å²) < 4.78 is 15.5. The molecule has 5 heteroatoms.